The van der Waals surface area contributed by atoms with Gasteiger partial charge < -0.3 is 0 Å². The molecule has 4 nitrogen and oxygen atoms in total. The average molecular weight is 322 g/mol. The van der Waals surface area contributed by atoms with E-state index < -0.39 is 5.91 Å². The summed E-state index contributed by atoms with van der Waals surface area (Å²) in [5.41, 5.74) is 3.43. The highest BCUT2D eigenvalue weighted by Gasteiger charge is 2.00. The van der Waals surface area contributed by atoms with E-state index in [1.165, 1.54) is 6.08 Å². The SMILES string of the molecule is O=C(/C=C/c1ccc(Sc2ccc3ncccc3c2)cc1)NO. The summed E-state index contributed by atoms with van der Waals surface area (Å²) in [6.07, 6.45) is 4.71. The molecule has 0 radical (unpaired) electrons. The van der Waals surface area contributed by atoms with Crippen molar-refractivity contribution in [2.75, 3.05) is 0 Å². The largest absolute Gasteiger partial charge is 0.288 e. The molecule has 1 amide bonds. The van der Waals surface area contributed by atoms with Crippen molar-refractivity contribution in [3.63, 3.8) is 0 Å². The molecule has 1 heterocycles. The van der Waals surface area contributed by atoms with Gasteiger partial charge in [0.25, 0.3) is 5.91 Å². The number of aromatic nitrogens is 1. The molecule has 2 aromatic carbocycles. The zero-order valence-electron chi connectivity index (χ0n) is 12.1. The molecule has 0 fully saturated rings. The number of carbonyl (C=O) groups excluding carboxylic acids is 1. The van der Waals surface area contributed by atoms with E-state index >= 15 is 0 Å². The number of nitrogens with zero attached hydrogens (tertiary/aromatic N) is 1. The van der Waals surface area contributed by atoms with Crippen LogP contribution in [0.25, 0.3) is 17.0 Å². The van der Waals surface area contributed by atoms with Crippen molar-refractivity contribution in [1.29, 1.82) is 0 Å². The molecule has 0 aliphatic carbocycles. The number of hydrogen-bond acceptors (Lipinski definition) is 4. The van der Waals surface area contributed by atoms with Gasteiger partial charge in [-0.05, 0) is 48.0 Å². The fraction of sp³-hybridized carbons (Fsp3) is 0. The van der Waals surface area contributed by atoms with Crippen molar-refractivity contribution in [2.24, 2.45) is 0 Å². The van der Waals surface area contributed by atoms with Crippen molar-refractivity contribution in [1.82, 2.24) is 10.5 Å². The third-order valence-corrected chi connectivity index (χ3v) is 4.23. The maximum absolute atomic E-state index is 10.9. The van der Waals surface area contributed by atoms with Crippen molar-refractivity contribution in [2.45, 2.75) is 9.79 Å². The Morgan fingerprint density at radius 2 is 1.87 bits per heavy atom. The molecule has 0 unspecified atom stereocenters. The molecule has 0 bridgehead atoms. The first-order valence-corrected chi connectivity index (χ1v) is 7.81. The molecule has 0 saturated heterocycles. The number of nitrogens with one attached hydrogen (secondary N) is 1. The lowest BCUT2D eigenvalue weighted by Crippen LogP contribution is -2.14. The highest BCUT2D eigenvalue weighted by Crippen LogP contribution is 2.29. The van der Waals surface area contributed by atoms with Crippen LogP contribution >= 0.6 is 11.8 Å². The minimum absolute atomic E-state index is 0.548. The highest BCUT2D eigenvalue weighted by molar-refractivity contribution is 7.99. The third-order valence-electron chi connectivity index (χ3n) is 3.23. The van der Waals surface area contributed by atoms with E-state index in [0.717, 1.165) is 26.3 Å². The second kappa shape index (κ2) is 7.09. The molecule has 5 heteroatoms. The van der Waals surface area contributed by atoms with Crippen LogP contribution in [0.1, 0.15) is 5.56 Å². The molecule has 0 saturated carbocycles. The lowest BCUT2D eigenvalue weighted by atomic mass is 10.2. The predicted molar refractivity (Wildman–Crippen MR) is 91.3 cm³/mol. The van der Waals surface area contributed by atoms with Crippen LogP contribution in [0.4, 0.5) is 0 Å². The fourth-order valence-electron chi connectivity index (χ4n) is 2.11. The average Bonchev–Trinajstić information content (AvgIpc) is 2.60. The Bertz CT molecular complexity index is 860. The lowest BCUT2D eigenvalue weighted by molar-refractivity contribution is -0.124. The molecule has 0 atom stereocenters. The molecule has 2 N–H and O–H groups in total. The van der Waals surface area contributed by atoms with Crippen LogP contribution in [0, 0.1) is 0 Å². The summed E-state index contributed by atoms with van der Waals surface area (Å²) in [7, 11) is 0. The van der Waals surface area contributed by atoms with E-state index in [1.54, 1.807) is 29.5 Å². The normalized spacial score (nSPS) is 11.0. The number of carbonyl (C=O) groups is 1. The first kappa shape index (κ1) is 15.3. The summed E-state index contributed by atoms with van der Waals surface area (Å²) < 4.78 is 0. The summed E-state index contributed by atoms with van der Waals surface area (Å²) in [5.74, 6) is -0.548. The van der Waals surface area contributed by atoms with E-state index in [9.17, 15) is 4.79 Å². The lowest BCUT2D eigenvalue weighted by Gasteiger charge is -2.04. The molecule has 114 valence electrons. The minimum atomic E-state index is -0.548. The number of hydrogen-bond donors (Lipinski definition) is 2. The molecule has 1 aromatic heterocycles. The van der Waals surface area contributed by atoms with Crippen LogP contribution < -0.4 is 5.48 Å². The van der Waals surface area contributed by atoms with Crippen LogP contribution in [0.2, 0.25) is 0 Å². The standard InChI is InChI=1S/C18H14N2O2S/c21-18(20-22)10-5-13-3-6-15(7-4-13)23-16-8-9-17-14(12-16)2-1-11-19-17/h1-12,22H,(H,20,21)/b10-5+. The maximum atomic E-state index is 10.9. The van der Waals surface area contributed by atoms with Gasteiger partial charge in [-0.1, -0.05) is 30.0 Å². The molecule has 3 aromatic rings. The van der Waals surface area contributed by atoms with E-state index in [0.29, 0.717) is 0 Å². The van der Waals surface area contributed by atoms with Gasteiger partial charge >= 0.3 is 0 Å². The van der Waals surface area contributed by atoms with Crippen molar-refractivity contribution in [3.8, 4) is 0 Å². The predicted octanol–water partition coefficient (Wildman–Crippen LogP) is 3.90. The van der Waals surface area contributed by atoms with Crippen molar-refractivity contribution >= 4 is 34.6 Å². The number of amides is 1. The molecular weight excluding hydrogens is 308 g/mol. The Labute approximate surface area is 137 Å². The summed E-state index contributed by atoms with van der Waals surface area (Å²) in [6.45, 7) is 0. The molecule has 0 spiro atoms. The van der Waals surface area contributed by atoms with E-state index in [1.807, 2.05) is 42.5 Å². The summed E-state index contributed by atoms with van der Waals surface area (Å²) in [4.78, 5) is 17.5. The van der Waals surface area contributed by atoms with Gasteiger partial charge in [0.1, 0.15) is 0 Å². The van der Waals surface area contributed by atoms with Crippen molar-refractivity contribution < 1.29 is 10.0 Å². The van der Waals surface area contributed by atoms with Gasteiger partial charge in [-0.15, -0.1) is 0 Å². The van der Waals surface area contributed by atoms with Gasteiger partial charge in [-0.25, -0.2) is 5.48 Å². The topological polar surface area (TPSA) is 62.2 Å². The monoisotopic (exact) mass is 322 g/mol. The van der Waals surface area contributed by atoms with Crippen molar-refractivity contribution in [3.05, 3.63) is 72.4 Å². The van der Waals surface area contributed by atoms with Crippen LogP contribution in [0.15, 0.2) is 76.7 Å². The second-order valence-electron chi connectivity index (χ2n) is 4.84. The van der Waals surface area contributed by atoms with Crippen LogP contribution in [0.5, 0.6) is 0 Å². The summed E-state index contributed by atoms with van der Waals surface area (Å²) in [6, 6.07) is 18.0. The fourth-order valence-corrected chi connectivity index (χ4v) is 2.98. The molecule has 3 rings (SSSR count). The Morgan fingerprint density at radius 1 is 1.09 bits per heavy atom. The Balaban J connectivity index is 1.74. The van der Waals surface area contributed by atoms with E-state index in [2.05, 4.69) is 17.1 Å². The van der Waals surface area contributed by atoms with Gasteiger partial charge in [0.2, 0.25) is 0 Å². The third kappa shape index (κ3) is 3.97. The maximum Gasteiger partial charge on any atom is 0.267 e. The number of rotatable bonds is 4. The summed E-state index contributed by atoms with van der Waals surface area (Å²) in [5, 5.41) is 9.56. The first-order valence-electron chi connectivity index (χ1n) is 6.99. The number of benzene rings is 2. The van der Waals surface area contributed by atoms with E-state index in [4.69, 9.17) is 5.21 Å². The second-order valence-corrected chi connectivity index (χ2v) is 5.99. The Morgan fingerprint density at radius 3 is 2.65 bits per heavy atom. The highest BCUT2D eigenvalue weighted by atomic mass is 32.2. The molecular formula is C18H14N2O2S. The number of fused-ring (bicyclic) bond motifs is 1. The van der Waals surface area contributed by atoms with Crippen LogP contribution in [0.3, 0.4) is 0 Å². The van der Waals surface area contributed by atoms with Crippen LogP contribution in [-0.4, -0.2) is 16.1 Å². The van der Waals surface area contributed by atoms with Gasteiger partial charge in [0, 0.05) is 27.5 Å². The minimum Gasteiger partial charge on any atom is -0.288 e. The zero-order chi connectivity index (χ0) is 16.1. The quantitative estimate of drug-likeness (QED) is 0.434. The zero-order valence-corrected chi connectivity index (χ0v) is 13.0. The smallest absolute Gasteiger partial charge is 0.267 e. The first-order chi connectivity index (χ1) is 11.2. The van der Waals surface area contributed by atoms with Gasteiger partial charge in [-0.2, -0.15) is 0 Å². The number of hydroxylamine groups is 1. The van der Waals surface area contributed by atoms with Gasteiger partial charge in [0.05, 0.1) is 5.52 Å². The summed E-state index contributed by atoms with van der Waals surface area (Å²) >= 11 is 1.67. The molecule has 0 aliphatic heterocycles. The molecule has 0 aliphatic rings. The van der Waals surface area contributed by atoms with Crippen LogP contribution in [-0.2, 0) is 4.79 Å². The van der Waals surface area contributed by atoms with Gasteiger partial charge in [-0.3, -0.25) is 15.0 Å². The van der Waals surface area contributed by atoms with E-state index in [-0.39, 0.29) is 0 Å². The van der Waals surface area contributed by atoms with Gasteiger partial charge in [0.15, 0.2) is 0 Å². The number of pyridine rings is 1. The Kier molecular flexibility index (Phi) is 4.71. The molecule has 23 heavy (non-hydrogen) atoms. The Hall–Kier alpha value is -2.63.